The molecule has 3 heterocycles. The van der Waals surface area contributed by atoms with Gasteiger partial charge in [0.15, 0.2) is 11.5 Å². The van der Waals surface area contributed by atoms with Gasteiger partial charge in [0.05, 0.1) is 25.4 Å². The Kier molecular flexibility index (Phi) is 8.15. The summed E-state index contributed by atoms with van der Waals surface area (Å²) in [5.74, 6) is 2.38. The highest BCUT2D eigenvalue weighted by Gasteiger charge is 2.39. The maximum Gasteiger partial charge on any atom is 0.418 e. The Morgan fingerprint density at radius 1 is 0.894 bits per heavy atom. The number of hydrogen-bond acceptors (Lipinski definition) is 10. The van der Waals surface area contributed by atoms with Crippen molar-refractivity contribution in [3.8, 4) is 28.4 Å². The average molecular weight is 633 g/mol. The summed E-state index contributed by atoms with van der Waals surface area (Å²) in [6, 6.07) is 25.1. The molecule has 2 fully saturated rings. The second-order valence-electron chi connectivity index (χ2n) is 11.1. The lowest BCUT2D eigenvalue weighted by molar-refractivity contribution is 0.137. The monoisotopic (exact) mass is 632 g/mol. The highest BCUT2D eigenvalue weighted by atomic mass is 16.6. The van der Waals surface area contributed by atoms with Crippen LogP contribution in [-0.4, -0.2) is 67.0 Å². The number of imide groups is 1. The highest BCUT2D eigenvalue weighted by molar-refractivity contribution is 6.00. The van der Waals surface area contributed by atoms with Gasteiger partial charge in [0.25, 0.3) is 0 Å². The molecule has 238 valence electrons. The van der Waals surface area contributed by atoms with E-state index in [1.165, 1.54) is 6.33 Å². The summed E-state index contributed by atoms with van der Waals surface area (Å²) in [5.41, 5.74) is 4.39. The molecule has 3 N–H and O–H groups in total. The lowest BCUT2D eigenvalue weighted by Gasteiger charge is -2.28. The Morgan fingerprint density at radius 3 is 2.47 bits per heavy atom. The van der Waals surface area contributed by atoms with E-state index in [1.54, 1.807) is 20.3 Å². The van der Waals surface area contributed by atoms with E-state index < -0.39 is 18.2 Å². The van der Waals surface area contributed by atoms with Gasteiger partial charge in [-0.3, -0.25) is 0 Å². The number of cyclic esters (lactones) is 1. The minimum atomic E-state index is -0.687. The molecule has 12 heteroatoms. The molecule has 7 rings (SSSR count). The molecular formula is C35H32N6O6. The van der Waals surface area contributed by atoms with Crippen molar-refractivity contribution in [2.45, 2.75) is 12.1 Å². The van der Waals surface area contributed by atoms with Crippen LogP contribution in [0.1, 0.15) is 11.6 Å². The number of carbonyl (C=O) groups is 2. The third-order valence-corrected chi connectivity index (χ3v) is 8.13. The standard InChI is InChI=1S/C35H32N6O6/c1-44-30-12-11-23(14-28(30)40-33-26-15-32(47-25-17-36-18-25)31(45-2)16-27(26)37-20-38-33)22-9-6-10-24(13-22)39-34(42)41-29(19-46-35(41)43)21-7-4-3-5-8-21/h3-16,20,25,29,36H,17-19H2,1-2H3,(H,39,42)(H,37,38,40)/t29-/m0/s1. The van der Waals surface area contributed by atoms with Gasteiger partial charge < -0.3 is 34.9 Å². The topological polar surface area (TPSA) is 136 Å². The number of hydrogen-bond donors (Lipinski definition) is 3. The molecule has 2 saturated heterocycles. The first kappa shape index (κ1) is 29.8. The van der Waals surface area contributed by atoms with E-state index in [4.69, 9.17) is 18.9 Å². The van der Waals surface area contributed by atoms with E-state index in [1.807, 2.05) is 78.9 Å². The molecule has 4 aromatic carbocycles. The molecule has 2 aliphatic rings. The number of nitrogens with zero attached hydrogens (tertiary/aromatic N) is 3. The fourth-order valence-corrected chi connectivity index (χ4v) is 5.58. The smallest absolute Gasteiger partial charge is 0.418 e. The first-order valence-electron chi connectivity index (χ1n) is 15.1. The summed E-state index contributed by atoms with van der Waals surface area (Å²) in [6.45, 7) is 1.64. The quantitative estimate of drug-likeness (QED) is 0.174. The fraction of sp³-hybridized carbons (Fsp3) is 0.200. The normalized spacial score (nSPS) is 15.9. The zero-order chi connectivity index (χ0) is 32.3. The SMILES string of the molecule is COc1ccc(-c2cccc(NC(=O)N3C(=O)OC[C@H]3c3ccccc3)c2)cc1Nc1ncnc2cc(OC)c(OC3CNC3)cc12. The number of nitrogens with one attached hydrogen (secondary N) is 3. The van der Waals surface area contributed by atoms with E-state index in [0.29, 0.717) is 40.0 Å². The van der Waals surface area contributed by atoms with Gasteiger partial charge in [-0.1, -0.05) is 48.5 Å². The zero-order valence-corrected chi connectivity index (χ0v) is 25.7. The third-order valence-electron chi connectivity index (χ3n) is 8.13. The maximum absolute atomic E-state index is 13.3. The van der Waals surface area contributed by atoms with Gasteiger partial charge in [-0.15, -0.1) is 0 Å². The number of ether oxygens (including phenoxy) is 4. The molecule has 0 spiro atoms. The van der Waals surface area contributed by atoms with Crippen LogP contribution in [0, 0.1) is 0 Å². The van der Waals surface area contributed by atoms with Gasteiger partial charge >= 0.3 is 12.1 Å². The van der Waals surface area contributed by atoms with Crippen LogP contribution < -0.4 is 30.2 Å². The molecule has 0 aliphatic carbocycles. The minimum absolute atomic E-state index is 0.0641. The molecule has 3 amide bonds. The van der Waals surface area contributed by atoms with Crippen LogP contribution in [0.25, 0.3) is 22.0 Å². The van der Waals surface area contributed by atoms with Crippen molar-refractivity contribution in [1.82, 2.24) is 20.2 Å². The Balaban J connectivity index is 1.15. The number of fused-ring (bicyclic) bond motifs is 1. The lowest BCUT2D eigenvalue weighted by atomic mass is 10.0. The number of anilines is 3. The van der Waals surface area contributed by atoms with Gasteiger partial charge in [-0.05, 0) is 47.0 Å². The van der Waals surface area contributed by atoms with E-state index in [9.17, 15) is 9.59 Å². The largest absolute Gasteiger partial charge is 0.495 e. The van der Waals surface area contributed by atoms with Crippen molar-refractivity contribution < 1.29 is 28.5 Å². The summed E-state index contributed by atoms with van der Waals surface area (Å²) in [4.78, 5) is 35.9. The van der Waals surface area contributed by atoms with Crippen LogP contribution in [0.3, 0.4) is 0 Å². The fourth-order valence-electron chi connectivity index (χ4n) is 5.58. The Morgan fingerprint density at radius 2 is 1.70 bits per heavy atom. The number of methoxy groups -OCH3 is 2. The van der Waals surface area contributed by atoms with Crippen molar-refractivity contribution in [3.63, 3.8) is 0 Å². The number of benzene rings is 4. The van der Waals surface area contributed by atoms with E-state index >= 15 is 0 Å². The molecule has 2 aliphatic heterocycles. The molecular weight excluding hydrogens is 600 g/mol. The average Bonchev–Trinajstić information content (AvgIpc) is 3.48. The van der Waals surface area contributed by atoms with Gasteiger partial charge in [-0.25, -0.2) is 24.5 Å². The van der Waals surface area contributed by atoms with Crippen molar-refractivity contribution in [2.24, 2.45) is 0 Å². The molecule has 0 radical (unpaired) electrons. The van der Waals surface area contributed by atoms with Crippen LogP contribution in [0.5, 0.6) is 17.2 Å². The number of urea groups is 1. The predicted molar refractivity (Wildman–Crippen MR) is 176 cm³/mol. The van der Waals surface area contributed by atoms with Crippen molar-refractivity contribution >= 4 is 40.2 Å². The number of carbonyl (C=O) groups excluding carboxylic acids is 2. The predicted octanol–water partition coefficient (Wildman–Crippen LogP) is 6.13. The van der Waals surface area contributed by atoms with Gasteiger partial charge in [0.1, 0.15) is 36.6 Å². The second kappa shape index (κ2) is 12.9. The van der Waals surface area contributed by atoms with Crippen molar-refractivity contribution in [1.29, 1.82) is 0 Å². The van der Waals surface area contributed by atoms with Crippen molar-refractivity contribution in [2.75, 3.05) is 44.5 Å². The zero-order valence-electron chi connectivity index (χ0n) is 25.7. The molecule has 1 atom stereocenters. The molecule has 0 bridgehead atoms. The van der Waals surface area contributed by atoms with Crippen LogP contribution >= 0.6 is 0 Å². The number of amides is 3. The second-order valence-corrected chi connectivity index (χ2v) is 11.1. The summed E-state index contributed by atoms with van der Waals surface area (Å²) in [7, 11) is 3.20. The first-order chi connectivity index (χ1) is 23.0. The Bertz CT molecular complexity index is 1950. The summed E-state index contributed by atoms with van der Waals surface area (Å²) in [5, 5.41) is 10.2. The van der Waals surface area contributed by atoms with Crippen molar-refractivity contribution in [3.05, 3.63) is 96.8 Å². The van der Waals surface area contributed by atoms with Gasteiger partial charge in [0, 0.05) is 30.2 Å². The first-order valence-corrected chi connectivity index (χ1v) is 15.1. The molecule has 5 aromatic rings. The highest BCUT2D eigenvalue weighted by Crippen LogP contribution is 2.38. The molecule has 0 saturated carbocycles. The molecule has 0 unspecified atom stereocenters. The molecule has 47 heavy (non-hydrogen) atoms. The maximum atomic E-state index is 13.3. The molecule has 12 nitrogen and oxygen atoms in total. The Labute approximate surface area is 270 Å². The third kappa shape index (κ3) is 6.06. The lowest BCUT2D eigenvalue weighted by Crippen LogP contribution is -2.50. The number of aromatic nitrogens is 2. The van der Waals surface area contributed by atoms with Crippen LogP contribution in [0.15, 0.2) is 91.3 Å². The van der Waals surface area contributed by atoms with E-state index in [0.717, 1.165) is 40.1 Å². The summed E-state index contributed by atoms with van der Waals surface area (Å²) in [6.07, 6.45) is 0.864. The molecule has 1 aromatic heterocycles. The minimum Gasteiger partial charge on any atom is -0.495 e. The van der Waals surface area contributed by atoms with E-state index in [-0.39, 0.29) is 12.7 Å². The van der Waals surface area contributed by atoms with Gasteiger partial charge in [0.2, 0.25) is 0 Å². The number of rotatable bonds is 9. The van der Waals surface area contributed by atoms with Crippen LogP contribution in [0.4, 0.5) is 26.8 Å². The summed E-state index contributed by atoms with van der Waals surface area (Å²) >= 11 is 0. The van der Waals surface area contributed by atoms with Crippen LogP contribution in [-0.2, 0) is 4.74 Å². The summed E-state index contributed by atoms with van der Waals surface area (Å²) < 4.78 is 22.6. The van der Waals surface area contributed by atoms with Gasteiger partial charge in [-0.2, -0.15) is 0 Å². The van der Waals surface area contributed by atoms with E-state index in [2.05, 4.69) is 25.9 Å². The van der Waals surface area contributed by atoms with Crippen LogP contribution in [0.2, 0.25) is 0 Å². The Hall–Kier alpha value is -5.88.